The summed E-state index contributed by atoms with van der Waals surface area (Å²) in [7, 11) is 0. The smallest absolute Gasteiger partial charge is 0.0830 e. The molecule has 1 unspecified atom stereocenters. The first-order chi connectivity index (χ1) is 7.66. The number of hydrogen-bond acceptors (Lipinski definition) is 2. The Labute approximate surface area is 95.9 Å². The summed E-state index contributed by atoms with van der Waals surface area (Å²) in [5.41, 5.74) is 5.09. The van der Waals surface area contributed by atoms with Gasteiger partial charge in [0.25, 0.3) is 0 Å². The molecule has 0 aliphatic rings. The largest absolute Gasteiger partial charge is 0.198 e. The zero-order valence-electron chi connectivity index (χ0n) is 9.99. The lowest BCUT2D eigenvalue weighted by molar-refractivity contribution is 0.730. The van der Waals surface area contributed by atoms with E-state index in [4.69, 9.17) is 0 Å². The zero-order valence-corrected chi connectivity index (χ0v) is 9.99. The van der Waals surface area contributed by atoms with Crippen molar-refractivity contribution < 1.29 is 0 Å². The molecule has 1 heterocycles. The number of hydrogen-bond donors (Lipinski definition) is 1. The first kappa shape index (κ1) is 10.9. The third-order valence-corrected chi connectivity index (χ3v) is 2.95. The van der Waals surface area contributed by atoms with Gasteiger partial charge >= 0.3 is 0 Å². The Balaban J connectivity index is 2.20. The lowest BCUT2D eigenvalue weighted by atomic mass is 9.91. The number of benzene rings is 1. The third kappa shape index (κ3) is 2.30. The summed E-state index contributed by atoms with van der Waals surface area (Å²) in [5, 5.41) is 10.6. The predicted molar refractivity (Wildman–Crippen MR) is 64.4 cm³/mol. The van der Waals surface area contributed by atoms with Crippen molar-refractivity contribution in [1.82, 2.24) is 15.4 Å². The van der Waals surface area contributed by atoms with Gasteiger partial charge in [0.15, 0.2) is 0 Å². The van der Waals surface area contributed by atoms with Gasteiger partial charge < -0.3 is 0 Å². The Hall–Kier alpha value is -1.64. The molecule has 3 nitrogen and oxygen atoms in total. The van der Waals surface area contributed by atoms with Crippen molar-refractivity contribution in [3.05, 3.63) is 46.8 Å². The number of rotatable bonds is 3. The van der Waals surface area contributed by atoms with E-state index in [9.17, 15) is 0 Å². The number of nitrogens with zero attached hydrogens (tertiary/aromatic N) is 2. The van der Waals surface area contributed by atoms with Crippen LogP contribution in [0.4, 0.5) is 0 Å². The minimum Gasteiger partial charge on any atom is -0.198 e. The molecule has 0 saturated carbocycles. The van der Waals surface area contributed by atoms with Gasteiger partial charge in [-0.1, -0.05) is 30.7 Å². The molecule has 1 aromatic heterocycles. The molecule has 1 aromatic carbocycles. The molecule has 84 valence electrons. The molecule has 0 amide bonds. The van der Waals surface area contributed by atoms with Crippen LogP contribution in [0.2, 0.25) is 0 Å². The van der Waals surface area contributed by atoms with Crippen molar-refractivity contribution in [2.75, 3.05) is 0 Å². The van der Waals surface area contributed by atoms with E-state index in [1.165, 1.54) is 16.7 Å². The van der Waals surface area contributed by atoms with Crippen molar-refractivity contribution >= 4 is 0 Å². The topological polar surface area (TPSA) is 41.6 Å². The van der Waals surface area contributed by atoms with E-state index in [2.05, 4.69) is 54.4 Å². The molecule has 0 fully saturated rings. The normalized spacial score (nSPS) is 12.7. The second kappa shape index (κ2) is 4.47. The molecule has 3 heteroatoms. The Kier molecular flexibility index (Phi) is 3.04. The molecule has 0 radical (unpaired) electrons. The van der Waals surface area contributed by atoms with Gasteiger partial charge in [-0.3, -0.25) is 0 Å². The number of H-pyrrole nitrogens is 1. The summed E-state index contributed by atoms with van der Waals surface area (Å²) >= 11 is 0. The average Bonchev–Trinajstić information content (AvgIpc) is 2.74. The van der Waals surface area contributed by atoms with Crippen molar-refractivity contribution in [3.8, 4) is 0 Å². The molecule has 0 aliphatic carbocycles. The first-order valence-electron chi connectivity index (χ1n) is 5.58. The summed E-state index contributed by atoms with van der Waals surface area (Å²) in [6, 6.07) is 6.60. The molecule has 0 aliphatic heterocycles. The van der Waals surface area contributed by atoms with Crippen molar-refractivity contribution in [2.24, 2.45) is 0 Å². The van der Waals surface area contributed by atoms with Crippen LogP contribution in [0.1, 0.15) is 35.2 Å². The van der Waals surface area contributed by atoms with E-state index in [1.807, 2.05) is 0 Å². The maximum atomic E-state index is 4.10. The lowest BCUT2D eigenvalue weighted by Gasteiger charge is -2.14. The fourth-order valence-corrected chi connectivity index (χ4v) is 2.04. The molecule has 1 atom stereocenters. The van der Waals surface area contributed by atoms with E-state index in [-0.39, 0.29) is 0 Å². The van der Waals surface area contributed by atoms with Gasteiger partial charge in [-0.05, 0) is 37.3 Å². The van der Waals surface area contributed by atoms with Crippen molar-refractivity contribution in [2.45, 2.75) is 33.1 Å². The highest BCUT2D eigenvalue weighted by Gasteiger charge is 2.10. The van der Waals surface area contributed by atoms with E-state index in [0.29, 0.717) is 5.92 Å². The van der Waals surface area contributed by atoms with Crippen molar-refractivity contribution in [1.29, 1.82) is 0 Å². The molecule has 16 heavy (non-hydrogen) atoms. The Morgan fingerprint density at radius 3 is 2.81 bits per heavy atom. The molecule has 2 rings (SSSR count). The summed E-state index contributed by atoms with van der Waals surface area (Å²) in [5.74, 6) is 0.477. The molecule has 0 spiro atoms. The third-order valence-electron chi connectivity index (χ3n) is 2.95. The van der Waals surface area contributed by atoms with Crippen LogP contribution >= 0.6 is 0 Å². The van der Waals surface area contributed by atoms with Crippen LogP contribution in [0.3, 0.4) is 0 Å². The van der Waals surface area contributed by atoms with E-state index in [0.717, 1.165) is 12.1 Å². The SMILES string of the molecule is Cc1ccc(C)c(C(C)Cc2cn[nH]n2)c1. The predicted octanol–water partition coefficient (Wildman–Crippen LogP) is 2.77. The van der Waals surface area contributed by atoms with Crippen LogP contribution in [0, 0.1) is 13.8 Å². The fraction of sp³-hybridized carbons (Fsp3) is 0.385. The Bertz CT molecular complexity index is 460. The lowest BCUT2D eigenvalue weighted by Crippen LogP contribution is -2.01. The number of aromatic amines is 1. The quantitative estimate of drug-likeness (QED) is 0.855. The Morgan fingerprint density at radius 2 is 2.12 bits per heavy atom. The first-order valence-corrected chi connectivity index (χ1v) is 5.58. The van der Waals surface area contributed by atoms with Crippen LogP contribution < -0.4 is 0 Å². The monoisotopic (exact) mass is 215 g/mol. The fourth-order valence-electron chi connectivity index (χ4n) is 2.04. The highest BCUT2D eigenvalue weighted by Crippen LogP contribution is 2.23. The Morgan fingerprint density at radius 1 is 1.31 bits per heavy atom. The van der Waals surface area contributed by atoms with Gasteiger partial charge in [-0.25, -0.2) is 0 Å². The van der Waals surface area contributed by atoms with Crippen LogP contribution in [0.5, 0.6) is 0 Å². The van der Waals surface area contributed by atoms with Crippen LogP contribution in [-0.4, -0.2) is 15.4 Å². The van der Waals surface area contributed by atoms with Gasteiger partial charge in [0.1, 0.15) is 0 Å². The molecule has 0 bridgehead atoms. The highest BCUT2D eigenvalue weighted by atomic mass is 15.3. The van der Waals surface area contributed by atoms with Crippen LogP contribution in [-0.2, 0) is 6.42 Å². The number of nitrogens with one attached hydrogen (secondary N) is 1. The van der Waals surface area contributed by atoms with Gasteiger partial charge in [-0.2, -0.15) is 15.4 Å². The molecular formula is C13H17N3. The van der Waals surface area contributed by atoms with Crippen LogP contribution in [0.15, 0.2) is 24.4 Å². The summed E-state index contributed by atoms with van der Waals surface area (Å²) in [4.78, 5) is 0. The second-order valence-corrected chi connectivity index (χ2v) is 4.43. The molecule has 1 N–H and O–H groups in total. The van der Waals surface area contributed by atoms with E-state index < -0.39 is 0 Å². The summed E-state index contributed by atoms with van der Waals surface area (Å²) in [6.45, 7) is 6.52. The second-order valence-electron chi connectivity index (χ2n) is 4.43. The average molecular weight is 215 g/mol. The molecule has 2 aromatic rings. The maximum absolute atomic E-state index is 4.10. The maximum Gasteiger partial charge on any atom is 0.0830 e. The van der Waals surface area contributed by atoms with Crippen molar-refractivity contribution in [3.63, 3.8) is 0 Å². The summed E-state index contributed by atoms with van der Waals surface area (Å²) in [6.07, 6.45) is 2.72. The molecular weight excluding hydrogens is 198 g/mol. The number of aryl methyl sites for hydroxylation is 2. The van der Waals surface area contributed by atoms with Gasteiger partial charge in [0.05, 0.1) is 11.9 Å². The highest BCUT2D eigenvalue weighted by molar-refractivity contribution is 5.33. The van der Waals surface area contributed by atoms with Gasteiger partial charge in [0.2, 0.25) is 0 Å². The van der Waals surface area contributed by atoms with E-state index in [1.54, 1.807) is 6.20 Å². The van der Waals surface area contributed by atoms with Crippen LogP contribution in [0.25, 0.3) is 0 Å². The minimum atomic E-state index is 0.477. The minimum absolute atomic E-state index is 0.477. The van der Waals surface area contributed by atoms with Gasteiger partial charge in [0, 0.05) is 0 Å². The summed E-state index contributed by atoms with van der Waals surface area (Å²) < 4.78 is 0. The van der Waals surface area contributed by atoms with Gasteiger partial charge in [-0.15, -0.1) is 0 Å². The van der Waals surface area contributed by atoms with E-state index >= 15 is 0 Å². The standard InChI is InChI=1S/C13H17N3/c1-9-4-5-10(2)13(6-9)11(3)7-12-8-14-16-15-12/h4-6,8,11H,7H2,1-3H3,(H,14,15,16). The number of aromatic nitrogens is 3. The molecule has 0 saturated heterocycles. The zero-order chi connectivity index (χ0) is 11.5.